The molecule has 0 aliphatic carbocycles. The Hall–Kier alpha value is -4.63. The van der Waals surface area contributed by atoms with Gasteiger partial charge in [0, 0.05) is 18.0 Å². The lowest BCUT2D eigenvalue weighted by Crippen LogP contribution is -2.26. The van der Waals surface area contributed by atoms with Crippen molar-refractivity contribution in [1.29, 1.82) is 0 Å². The molecule has 2 amide bonds. The number of hydrogen-bond acceptors (Lipinski definition) is 6. The zero-order chi connectivity index (χ0) is 26.2. The molecule has 0 unspecified atom stereocenters. The summed E-state index contributed by atoms with van der Waals surface area (Å²) in [4.78, 5) is 24.6. The SMILES string of the molecule is COc1ccc(CCNC(=O)c2nn(Cc3ccccc3)c3ccc(/C=C/C(=O)NO)cc23)cc1OC. The largest absolute Gasteiger partial charge is 0.493 e. The maximum absolute atomic E-state index is 13.2. The number of hydrogen-bond donors (Lipinski definition) is 3. The molecular weight excluding hydrogens is 472 g/mol. The molecule has 4 aromatic rings. The Morgan fingerprint density at radius 2 is 1.76 bits per heavy atom. The van der Waals surface area contributed by atoms with Crippen LogP contribution in [0.5, 0.6) is 11.5 Å². The Balaban J connectivity index is 1.58. The normalized spacial score (nSPS) is 11.0. The van der Waals surface area contributed by atoms with E-state index in [0.717, 1.165) is 16.6 Å². The molecule has 190 valence electrons. The molecule has 1 aromatic heterocycles. The number of methoxy groups -OCH3 is 2. The first-order valence-corrected chi connectivity index (χ1v) is 11.7. The number of nitrogens with one attached hydrogen (secondary N) is 2. The van der Waals surface area contributed by atoms with E-state index in [1.165, 1.54) is 6.08 Å². The van der Waals surface area contributed by atoms with E-state index in [1.54, 1.807) is 36.5 Å². The van der Waals surface area contributed by atoms with Crippen LogP contribution >= 0.6 is 0 Å². The molecule has 37 heavy (non-hydrogen) atoms. The fourth-order valence-electron chi connectivity index (χ4n) is 3.99. The van der Waals surface area contributed by atoms with Crippen molar-refractivity contribution in [2.75, 3.05) is 20.8 Å². The molecule has 3 aromatic carbocycles. The number of benzene rings is 3. The summed E-state index contributed by atoms with van der Waals surface area (Å²) in [5.41, 5.74) is 5.38. The van der Waals surface area contributed by atoms with Crippen molar-refractivity contribution >= 4 is 28.8 Å². The second kappa shape index (κ2) is 11.9. The number of fused-ring (bicyclic) bond motifs is 1. The molecule has 0 radical (unpaired) electrons. The van der Waals surface area contributed by atoms with E-state index in [2.05, 4.69) is 10.4 Å². The standard InChI is InChI=1S/C28H28N4O5/c1-36-24-12-9-20(17-25(24)37-2)14-15-29-28(34)27-22-16-19(10-13-26(33)31-35)8-11-23(22)32(30-27)18-21-6-4-3-5-7-21/h3-13,16-17,35H,14-15,18H2,1-2H3,(H,29,34)(H,31,33)/b13-10+. The Kier molecular flexibility index (Phi) is 8.17. The molecule has 0 atom stereocenters. The van der Waals surface area contributed by atoms with Gasteiger partial charge in [0.1, 0.15) is 0 Å². The van der Waals surface area contributed by atoms with Gasteiger partial charge < -0.3 is 14.8 Å². The molecule has 0 aliphatic rings. The zero-order valence-electron chi connectivity index (χ0n) is 20.6. The number of hydroxylamine groups is 1. The van der Waals surface area contributed by atoms with Gasteiger partial charge in [-0.1, -0.05) is 42.5 Å². The summed E-state index contributed by atoms with van der Waals surface area (Å²) < 4.78 is 12.4. The summed E-state index contributed by atoms with van der Waals surface area (Å²) in [5.74, 6) is 0.332. The van der Waals surface area contributed by atoms with Gasteiger partial charge in [-0.25, -0.2) is 5.48 Å². The summed E-state index contributed by atoms with van der Waals surface area (Å²) >= 11 is 0. The first-order valence-electron chi connectivity index (χ1n) is 11.7. The number of carbonyl (C=O) groups excluding carboxylic acids is 2. The van der Waals surface area contributed by atoms with E-state index in [-0.39, 0.29) is 5.91 Å². The van der Waals surface area contributed by atoms with Gasteiger partial charge >= 0.3 is 0 Å². The van der Waals surface area contributed by atoms with E-state index >= 15 is 0 Å². The molecule has 0 fully saturated rings. The van der Waals surface area contributed by atoms with Crippen molar-refractivity contribution < 1.29 is 24.3 Å². The summed E-state index contributed by atoms with van der Waals surface area (Å²) in [6.07, 6.45) is 3.36. The number of rotatable bonds is 10. The van der Waals surface area contributed by atoms with Crippen molar-refractivity contribution in [3.8, 4) is 11.5 Å². The van der Waals surface area contributed by atoms with Crippen LogP contribution in [0.2, 0.25) is 0 Å². The third-order valence-electron chi connectivity index (χ3n) is 5.85. The van der Waals surface area contributed by atoms with Crippen LogP contribution in [-0.2, 0) is 17.8 Å². The summed E-state index contributed by atoms with van der Waals surface area (Å²) in [6.45, 7) is 0.899. The molecule has 0 saturated heterocycles. The fourth-order valence-corrected chi connectivity index (χ4v) is 3.99. The Morgan fingerprint density at radius 3 is 2.49 bits per heavy atom. The Bertz CT molecular complexity index is 1430. The molecule has 9 nitrogen and oxygen atoms in total. The lowest BCUT2D eigenvalue weighted by Gasteiger charge is -2.10. The Morgan fingerprint density at radius 1 is 0.973 bits per heavy atom. The van der Waals surface area contributed by atoms with E-state index < -0.39 is 5.91 Å². The number of carbonyl (C=O) groups is 2. The van der Waals surface area contributed by atoms with Gasteiger partial charge in [0.2, 0.25) is 0 Å². The van der Waals surface area contributed by atoms with Gasteiger partial charge in [0.15, 0.2) is 17.2 Å². The number of nitrogens with zero attached hydrogens (tertiary/aromatic N) is 2. The highest BCUT2D eigenvalue weighted by Crippen LogP contribution is 2.27. The average molecular weight is 501 g/mol. The molecule has 3 N–H and O–H groups in total. The predicted octanol–water partition coefficient (Wildman–Crippen LogP) is 3.59. The first-order chi connectivity index (χ1) is 18.0. The van der Waals surface area contributed by atoms with Gasteiger partial charge in [-0.15, -0.1) is 0 Å². The molecule has 0 saturated carbocycles. The third kappa shape index (κ3) is 6.14. The molecular formula is C28H28N4O5. The molecule has 9 heteroatoms. The average Bonchev–Trinajstić information content (AvgIpc) is 3.29. The minimum atomic E-state index is -0.645. The van der Waals surface area contributed by atoms with Gasteiger partial charge in [-0.3, -0.25) is 19.5 Å². The van der Waals surface area contributed by atoms with E-state index in [1.807, 2.05) is 60.7 Å². The van der Waals surface area contributed by atoms with Crippen molar-refractivity contribution in [3.05, 3.63) is 95.2 Å². The van der Waals surface area contributed by atoms with Crippen LogP contribution in [0.3, 0.4) is 0 Å². The lowest BCUT2D eigenvalue weighted by atomic mass is 10.1. The smallest absolute Gasteiger partial charge is 0.272 e. The summed E-state index contributed by atoms with van der Waals surface area (Å²) in [7, 11) is 3.17. The number of aromatic nitrogens is 2. The van der Waals surface area contributed by atoms with Crippen LogP contribution in [-0.4, -0.2) is 47.6 Å². The topological polar surface area (TPSA) is 115 Å². The highest BCUT2D eigenvalue weighted by molar-refractivity contribution is 6.05. The molecule has 0 aliphatic heterocycles. The van der Waals surface area contributed by atoms with Crippen molar-refractivity contribution in [2.45, 2.75) is 13.0 Å². The fraction of sp³-hybridized carbons (Fsp3) is 0.179. The van der Waals surface area contributed by atoms with Crippen LogP contribution in [0, 0.1) is 0 Å². The first kappa shape index (κ1) is 25.5. The van der Waals surface area contributed by atoms with E-state index in [9.17, 15) is 9.59 Å². The van der Waals surface area contributed by atoms with Crippen LogP contribution in [0.25, 0.3) is 17.0 Å². The van der Waals surface area contributed by atoms with Crippen molar-refractivity contribution in [2.24, 2.45) is 0 Å². The number of ether oxygens (including phenoxy) is 2. The summed E-state index contributed by atoms with van der Waals surface area (Å²) in [6, 6.07) is 21.0. The minimum absolute atomic E-state index is 0.292. The van der Waals surface area contributed by atoms with Crippen molar-refractivity contribution in [1.82, 2.24) is 20.6 Å². The highest BCUT2D eigenvalue weighted by Gasteiger charge is 2.18. The lowest BCUT2D eigenvalue weighted by molar-refractivity contribution is -0.124. The van der Waals surface area contributed by atoms with Gasteiger partial charge in [0.05, 0.1) is 26.3 Å². The van der Waals surface area contributed by atoms with Crippen molar-refractivity contribution in [3.63, 3.8) is 0 Å². The maximum Gasteiger partial charge on any atom is 0.272 e. The van der Waals surface area contributed by atoms with E-state index in [0.29, 0.717) is 47.7 Å². The predicted molar refractivity (Wildman–Crippen MR) is 140 cm³/mol. The molecule has 4 rings (SSSR count). The Labute approximate surface area is 214 Å². The monoisotopic (exact) mass is 500 g/mol. The minimum Gasteiger partial charge on any atom is -0.493 e. The van der Waals surface area contributed by atoms with Gasteiger partial charge in [0.25, 0.3) is 11.8 Å². The van der Waals surface area contributed by atoms with Crippen LogP contribution in [0.1, 0.15) is 27.2 Å². The van der Waals surface area contributed by atoms with E-state index in [4.69, 9.17) is 14.7 Å². The number of amides is 2. The molecule has 1 heterocycles. The quantitative estimate of drug-likeness (QED) is 0.174. The zero-order valence-corrected chi connectivity index (χ0v) is 20.6. The van der Waals surface area contributed by atoms with Gasteiger partial charge in [-0.2, -0.15) is 5.10 Å². The maximum atomic E-state index is 13.2. The summed E-state index contributed by atoms with van der Waals surface area (Å²) in [5, 5.41) is 17.0. The third-order valence-corrected chi connectivity index (χ3v) is 5.85. The second-order valence-electron chi connectivity index (χ2n) is 8.27. The van der Waals surface area contributed by atoms with Crippen LogP contribution < -0.4 is 20.3 Å². The van der Waals surface area contributed by atoms with Crippen LogP contribution in [0.15, 0.2) is 72.8 Å². The molecule has 0 spiro atoms. The highest BCUT2D eigenvalue weighted by atomic mass is 16.5. The second-order valence-corrected chi connectivity index (χ2v) is 8.27. The van der Waals surface area contributed by atoms with Gasteiger partial charge in [-0.05, 0) is 53.5 Å². The van der Waals surface area contributed by atoms with Crippen LogP contribution in [0.4, 0.5) is 0 Å². The molecule has 0 bridgehead atoms.